The fraction of sp³-hybridized carbons (Fsp3) is 0.263. The van der Waals surface area contributed by atoms with E-state index >= 15 is 0 Å². The van der Waals surface area contributed by atoms with Crippen molar-refractivity contribution in [1.82, 2.24) is 0 Å². The molecular formula is C19H22O2S2. The summed E-state index contributed by atoms with van der Waals surface area (Å²) < 4.78 is 25.4. The lowest BCUT2D eigenvalue weighted by Crippen LogP contribution is -2.16. The minimum atomic E-state index is -3.34. The van der Waals surface area contributed by atoms with E-state index in [9.17, 15) is 8.42 Å². The highest BCUT2D eigenvalue weighted by atomic mass is 32.2. The van der Waals surface area contributed by atoms with Crippen LogP contribution in [0.25, 0.3) is 0 Å². The number of aryl methyl sites for hydroxylation is 1. The zero-order valence-electron chi connectivity index (χ0n) is 13.7. The standard InChI is InChI=1S/C19H22O2S2/c1-15-9-11-19(12-10-15)23(20,21)16(2)13-18(22-3)14-17-7-5-4-6-8-17/h4-13,16H,14H2,1-3H3/b18-13-. The van der Waals surface area contributed by atoms with Crippen LogP contribution in [-0.2, 0) is 16.3 Å². The van der Waals surface area contributed by atoms with Crippen LogP contribution in [0.4, 0.5) is 0 Å². The summed E-state index contributed by atoms with van der Waals surface area (Å²) in [7, 11) is -3.34. The van der Waals surface area contributed by atoms with Crippen LogP contribution in [0.2, 0.25) is 0 Å². The van der Waals surface area contributed by atoms with Crippen LogP contribution in [0.1, 0.15) is 18.1 Å². The minimum absolute atomic E-state index is 0.381. The van der Waals surface area contributed by atoms with Crippen molar-refractivity contribution < 1.29 is 8.42 Å². The van der Waals surface area contributed by atoms with Crippen LogP contribution in [0, 0.1) is 6.92 Å². The first-order valence-corrected chi connectivity index (χ1v) is 10.3. The van der Waals surface area contributed by atoms with Gasteiger partial charge in [0.25, 0.3) is 0 Å². The van der Waals surface area contributed by atoms with E-state index in [0.29, 0.717) is 4.90 Å². The van der Waals surface area contributed by atoms with Gasteiger partial charge in [0.2, 0.25) is 0 Å². The lowest BCUT2D eigenvalue weighted by Gasteiger charge is -2.12. The highest BCUT2D eigenvalue weighted by Gasteiger charge is 2.21. The summed E-state index contributed by atoms with van der Waals surface area (Å²) in [6, 6.07) is 17.1. The number of thioether (sulfide) groups is 1. The Hall–Kier alpha value is -1.52. The van der Waals surface area contributed by atoms with Gasteiger partial charge in [-0.1, -0.05) is 54.1 Å². The zero-order chi connectivity index (χ0) is 16.9. The van der Waals surface area contributed by atoms with Crippen molar-refractivity contribution in [3.8, 4) is 0 Å². The minimum Gasteiger partial charge on any atom is -0.223 e. The van der Waals surface area contributed by atoms with E-state index in [1.54, 1.807) is 30.8 Å². The average molecular weight is 347 g/mol. The number of hydrogen-bond donors (Lipinski definition) is 0. The SMILES string of the molecule is CS/C(=C\C(C)S(=O)(=O)c1ccc(C)cc1)Cc1ccccc1. The van der Waals surface area contributed by atoms with Gasteiger partial charge in [-0.2, -0.15) is 0 Å². The van der Waals surface area contributed by atoms with Crippen molar-refractivity contribution in [3.63, 3.8) is 0 Å². The number of sulfone groups is 1. The molecule has 0 aromatic heterocycles. The molecule has 2 aromatic carbocycles. The Kier molecular flexibility index (Phi) is 6.08. The molecule has 2 rings (SSSR count). The molecule has 0 bridgehead atoms. The van der Waals surface area contributed by atoms with Gasteiger partial charge in [-0.3, -0.25) is 0 Å². The third-order valence-electron chi connectivity index (χ3n) is 3.74. The van der Waals surface area contributed by atoms with Crippen LogP contribution in [0.3, 0.4) is 0 Å². The number of benzene rings is 2. The lowest BCUT2D eigenvalue weighted by atomic mass is 10.1. The highest BCUT2D eigenvalue weighted by Crippen LogP contribution is 2.23. The molecule has 0 amide bonds. The molecule has 0 saturated carbocycles. The smallest absolute Gasteiger partial charge is 0.184 e. The van der Waals surface area contributed by atoms with E-state index in [1.165, 1.54) is 5.56 Å². The van der Waals surface area contributed by atoms with E-state index < -0.39 is 15.1 Å². The predicted octanol–water partition coefficient (Wildman–Crippen LogP) is 4.65. The van der Waals surface area contributed by atoms with Gasteiger partial charge in [0, 0.05) is 6.42 Å². The summed E-state index contributed by atoms with van der Waals surface area (Å²) in [4.78, 5) is 1.45. The Morgan fingerprint density at radius 2 is 1.70 bits per heavy atom. The molecule has 23 heavy (non-hydrogen) atoms. The van der Waals surface area contributed by atoms with Crippen LogP contribution in [-0.4, -0.2) is 19.9 Å². The fourth-order valence-corrected chi connectivity index (χ4v) is 4.32. The maximum atomic E-state index is 12.7. The number of hydrogen-bond acceptors (Lipinski definition) is 3. The molecule has 1 unspecified atom stereocenters. The summed E-state index contributed by atoms with van der Waals surface area (Å²) in [5.41, 5.74) is 2.24. The predicted molar refractivity (Wildman–Crippen MR) is 99.6 cm³/mol. The molecule has 0 heterocycles. The quantitative estimate of drug-likeness (QED) is 0.764. The van der Waals surface area contributed by atoms with Crippen molar-refractivity contribution in [1.29, 1.82) is 0 Å². The summed E-state index contributed by atoms with van der Waals surface area (Å²) in [6.07, 6.45) is 4.61. The van der Waals surface area contributed by atoms with Crippen LogP contribution >= 0.6 is 11.8 Å². The molecule has 0 fully saturated rings. The maximum absolute atomic E-state index is 12.7. The Balaban J connectivity index is 2.23. The van der Waals surface area contributed by atoms with Crippen molar-refractivity contribution in [2.75, 3.05) is 6.26 Å². The van der Waals surface area contributed by atoms with Gasteiger partial charge in [0.15, 0.2) is 9.84 Å². The molecule has 0 aliphatic heterocycles. The summed E-state index contributed by atoms with van der Waals surface area (Å²) in [6.45, 7) is 3.70. The molecule has 2 aromatic rings. The molecule has 4 heteroatoms. The summed E-state index contributed by atoms with van der Waals surface area (Å²) >= 11 is 1.60. The lowest BCUT2D eigenvalue weighted by molar-refractivity contribution is 0.591. The van der Waals surface area contributed by atoms with Crippen LogP contribution < -0.4 is 0 Å². The van der Waals surface area contributed by atoms with E-state index in [-0.39, 0.29) is 0 Å². The van der Waals surface area contributed by atoms with Gasteiger partial charge in [-0.05, 0) is 42.7 Å². The van der Waals surface area contributed by atoms with Gasteiger partial charge >= 0.3 is 0 Å². The Bertz CT molecular complexity index is 761. The molecule has 1 atom stereocenters. The Labute approximate surface area is 143 Å². The van der Waals surface area contributed by atoms with E-state index in [1.807, 2.05) is 49.6 Å². The van der Waals surface area contributed by atoms with Crippen molar-refractivity contribution in [3.05, 3.63) is 76.7 Å². The average Bonchev–Trinajstić information content (AvgIpc) is 2.55. The molecular weight excluding hydrogens is 324 g/mol. The molecule has 0 radical (unpaired) electrons. The van der Waals surface area contributed by atoms with Gasteiger partial charge in [0.05, 0.1) is 10.1 Å². The van der Waals surface area contributed by atoms with Gasteiger partial charge in [0.1, 0.15) is 0 Å². The van der Waals surface area contributed by atoms with Crippen LogP contribution in [0.15, 0.2) is 70.5 Å². The normalized spacial score (nSPS) is 13.8. The van der Waals surface area contributed by atoms with Crippen LogP contribution in [0.5, 0.6) is 0 Å². The molecule has 0 aliphatic rings. The first-order valence-electron chi connectivity index (χ1n) is 7.52. The number of rotatable bonds is 6. The molecule has 2 nitrogen and oxygen atoms in total. The molecule has 0 aliphatic carbocycles. The van der Waals surface area contributed by atoms with E-state index in [0.717, 1.165) is 16.9 Å². The van der Waals surface area contributed by atoms with Crippen molar-refractivity contribution in [2.24, 2.45) is 0 Å². The summed E-state index contributed by atoms with van der Waals surface area (Å²) in [5.74, 6) is 0. The van der Waals surface area contributed by atoms with E-state index in [4.69, 9.17) is 0 Å². The highest BCUT2D eigenvalue weighted by molar-refractivity contribution is 8.02. The maximum Gasteiger partial charge on any atom is 0.184 e. The summed E-state index contributed by atoms with van der Waals surface area (Å²) in [5, 5.41) is -0.545. The second-order valence-corrected chi connectivity index (χ2v) is 8.80. The number of allylic oxidation sites excluding steroid dienone is 1. The fourth-order valence-electron chi connectivity index (χ4n) is 2.29. The van der Waals surface area contributed by atoms with Crippen molar-refractivity contribution >= 4 is 21.6 Å². The van der Waals surface area contributed by atoms with E-state index in [2.05, 4.69) is 12.1 Å². The Morgan fingerprint density at radius 3 is 2.26 bits per heavy atom. The largest absolute Gasteiger partial charge is 0.223 e. The third-order valence-corrected chi connectivity index (χ3v) is 6.59. The van der Waals surface area contributed by atoms with Crippen molar-refractivity contribution in [2.45, 2.75) is 30.4 Å². The zero-order valence-corrected chi connectivity index (χ0v) is 15.3. The molecule has 122 valence electrons. The van der Waals surface area contributed by atoms with Gasteiger partial charge < -0.3 is 0 Å². The second kappa shape index (κ2) is 7.84. The molecule has 0 N–H and O–H groups in total. The van der Waals surface area contributed by atoms with Gasteiger partial charge in [-0.25, -0.2) is 8.42 Å². The second-order valence-electron chi connectivity index (χ2n) is 5.56. The monoisotopic (exact) mass is 346 g/mol. The van der Waals surface area contributed by atoms with Gasteiger partial charge in [-0.15, -0.1) is 11.8 Å². The molecule has 0 saturated heterocycles. The molecule has 0 spiro atoms. The first-order chi connectivity index (χ1) is 10.9. The first kappa shape index (κ1) is 17.8. The third kappa shape index (κ3) is 4.72. The Morgan fingerprint density at radius 1 is 1.09 bits per heavy atom. The topological polar surface area (TPSA) is 34.1 Å².